The molecule has 2 aliphatic rings. The molecule has 2 aromatic heterocycles. The predicted octanol–water partition coefficient (Wildman–Crippen LogP) is 2.15. The van der Waals surface area contributed by atoms with Crippen LogP contribution in [0.5, 0.6) is 0 Å². The van der Waals surface area contributed by atoms with E-state index in [-0.39, 0.29) is 18.4 Å². The highest BCUT2D eigenvalue weighted by Crippen LogP contribution is 2.33. The third-order valence-electron chi connectivity index (χ3n) is 5.06. The summed E-state index contributed by atoms with van der Waals surface area (Å²) in [5, 5.41) is 4.77. The van der Waals surface area contributed by atoms with Crippen molar-refractivity contribution >= 4 is 33.3 Å². The summed E-state index contributed by atoms with van der Waals surface area (Å²) in [6, 6.07) is 1.97. The normalized spacial score (nSPS) is 23.1. The van der Waals surface area contributed by atoms with E-state index in [0.29, 0.717) is 39.1 Å². The molecule has 6 nitrogen and oxygen atoms in total. The number of hydrogen-bond acceptors (Lipinski definition) is 6. The van der Waals surface area contributed by atoms with Gasteiger partial charge in [0, 0.05) is 32.5 Å². The number of rotatable bonds is 4. The second kappa shape index (κ2) is 6.84. The summed E-state index contributed by atoms with van der Waals surface area (Å²) in [7, 11) is 0. The predicted molar refractivity (Wildman–Crippen MR) is 94.6 cm³/mol. The largest absolute Gasteiger partial charge is 0.381 e. The molecule has 8 heteroatoms. The van der Waals surface area contributed by atoms with Gasteiger partial charge in [-0.25, -0.2) is 14.4 Å². The zero-order valence-electron chi connectivity index (χ0n) is 13.9. The number of carbonyl (C=O) groups is 1. The molecule has 0 spiro atoms. The lowest BCUT2D eigenvalue weighted by molar-refractivity contribution is -0.125. The van der Waals surface area contributed by atoms with Gasteiger partial charge < -0.3 is 15.0 Å². The molecule has 0 radical (unpaired) electrons. The van der Waals surface area contributed by atoms with Crippen LogP contribution in [0.15, 0.2) is 17.8 Å². The van der Waals surface area contributed by atoms with Crippen LogP contribution >= 0.6 is 11.3 Å². The molecular formula is C17H21FN4O2S. The fourth-order valence-electron chi connectivity index (χ4n) is 3.43. The maximum Gasteiger partial charge on any atom is 0.225 e. The first-order valence-electron chi connectivity index (χ1n) is 8.62. The number of nitrogens with one attached hydrogen (secondary N) is 1. The number of amides is 1. The quantitative estimate of drug-likeness (QED) is 0.900. The molecule has 0 aliphatic carbocycles. The summed E-state index contributed by atoms with van der Waals surface area (Å²) in [6.07, 6.45) is 3.05. The lowest BCUT2D eigenvalue weighted by Crippen LogP contribution is -2.49. The second-order valence-corrected chi connectivity index (χ2v) is 7.66. The van der Waals surface area contributed by atoms with Gasteiger partial charge in [-0.05, 0) is 17.9 Å². The number of piperidine rings is 1. The van der Waals surface area contributed by atoms with Gasteiger partial charge in [-0.1, -0.05) is 0 Å². The first-order chi connectivity index (χ1) is 12.1. The van der Waals surface area contributed by atoms with Crippen LogP contribution in [0.25, 0.3) is 10.2 Å². The highest BCUT2D eigenvalue weighted by molar-refractivity contribution is 7.17. The Hall–Kier alpha value is -1.80. The van der Waals surface area contributed by atoms with Gasteiger partial charge in [0.1, 0.15) is 17.8 Å². The summed E-state index contributed by atoms with van der Waals surface area (Å²) >= 11 is 1.61. The summed E-state index contributed by atoms with van der Waals surface area (Å²) in [5.41, 5.74) is -0.425. The van der Waals surface area contributed by atoms with Crippen molar-refractivity contribution in [2.45, 2.75) is 24.9 Å². The van der Waals surface area contributed by atoms with Crippen LogP contribution < -0.4 is 10.2 Å². The molecule has 0 aromatic carbocycles. The summed E-state index contributed by atoms with van der Waals surface area (Å²) in [4.78, 5) is 22.8. The first-order valence-corrected chi connectivity index (χ1v) is 9.50. The maximum absolute atomic E-state index is 15.1. The summed E-state index contributed by atoms with van der Waals surface area (Å²) in [5.74, 6) is 0.666. The number of carbonyl (C=O) groups excluding carboxylic acids is 1. The van der Waals surface area contributed by atoms with Crippen LogP contribution in [0.1, 0.15) is 19.3 Å². The van der Waals surface area contributed by atoms with E-state index >= 15 is 4.39 Å². The van der Waals surface area contributed by atoms with Crippen LogP contribution in [0.4, 0.5) is 10.2 Å². The Kier molecular flexibility index (Phi) is 4.56. The SMILES string of the molecule is O=C(NCC1(F)CCN(c2ncnc3ccsc23)CC1)C1CCOC1. The molecule has 2 aliphatic heterocycles. The number of thiophene rings is 1. The Morgan fingerprint density at radius 3 is 3.04 bits per heavy atom. The average Bonchev–Trinajstić information content (AvgIpc) is 3.31. The van der Waals surface area contributed by atoms with Crippen molar-refractivity contribution in [1.82, 2.24) is 15.3 Å². The molecule has 1 amide bonds. The molecule has 25 heavy (non-hydrogen) atoms. The monoisotopic (exact) mass is 364 g/mol. The van der Waals surface area contributed by atoms with Gasteiger partial charge in [0.15, 0.2) is 0 Å². The van der Waals surface area contributed by atoms with Crippen LogP contribution in [-0.2, 0) is 9.53 Å². The number of anilines is 1. The van der Waals surface area contributed by atoms with Crippen molar-refractivity contribution in [1.29, 1.82) is 0 Å². The van der Waals surface area contributed by atoms with Crippen molar-refractivity contribution in [3.05, 3.63) is 17.8 Å². The Morgan fingerprint density at radius 2 is 2.28 bits per heavy atom. The van der Waals surface area contributed by atoms with Gasteiger partial charge in [-0.2, -0.15) is 0 Å². The lowest BCUT2D eigenvalue weighted by Gasteiger charge is -2.37. The van der Waals surface area contributed by atoms with Crippen molar-refractivity contribution in [3.8, 4) is 0 Å². The van der Waals surface area contributed by atoms with E-state index in [9.17, 15) is 4.79 Å². The topological polar surface area (TPSA) is 67.4 Å². The molecule has 2 aromatic rings. The van der Waals surface area contributed by atoms with E-state index in [0.717, 1.165) is 22.5 Å². The van der Waals surface area contributed by atoms with Crippen molar-refractivity contribution in [2.75, 3.05) is 37.7 Å². The molecule has 1 N–H and O–H groups in total. The van der Waals surface area contributed by atoms with E-state index in [1.54, 1.807) is 17.7 Å². The van der Waals surface area contributed by atoms with Gasteiger partial charge in [-0.3, -0.25) is 4.79 Å². The Labute approximate surface area is 149 Å². The Balaban J connectivity index is 1.35. The van der Waals surface area contributed by atoms with E-state index in [2.05, 4.69) is 20.2 Å². The fraction of sp³-hybridized carbons (Fsp3) is 0.588. The third kappa shape index (κ3) is 3.46. The van der Waals surface area contributed by atoms with E-state index < -0.39 is 5.67 Å². The number of aromatic nitrogens is 2. The molecule has 4 rings (SSSR count). The highest BCUT2D eigenvalue weighted by atomic mass is 32.1. The molecule has 2 fully saturated rings. The third-order valence-corrected chi connectivity index (χ3v) is 5.96. The van der Waals surface area contributed by atoms with Crippen LogP contribution in [0, 0.1) is 5.92 Å². The lowest BCUT2D eigenvalue weighted by atomic mass is 9.93. The Bertz CT molecular complexity index is 754. The standard InChI is InChI=1S/C17H21FN4O2S/c18-17(10-19-16(23)12-1-7-24-9-12)3-5-22(6-4-17)15-14-13(2-8-25-14)20-11-21-15/h2,8,11-12H,1,3-7,9-10H2,(H,19,23). The number of alkyl halides is 1. The highest BCUT2D eigenvalue weighted by Gasteiger charge is 2.36. The van der Waals surface area contributed by atoms with E-state index in [1.807, 2.05) is 11.4 Å². The Morgan fingerprint density at radius 1 is 1.44 bits per heavy atom. The van der Waals surface area contributed by atoms with Gasteiger partial charge in [0.2, 0.25) is 5.91 Å². The first kappa shape index (κ1) is 16.7. The molecule has 0 saturated carbocycles. The minimum atomic E-state index is -1.35. The zero-order valence-corrected chi connectivity index (χ0v) is 14.7. The van der Waals surface area contributed by atoms with Gasteiger partial charge in [0.05, 0.1) is 29.3 Å². The van der Waals surface area contributed by atoms with Crippen LogP contribution in [-0.4, -0.2) is 54.4 Å². The molecule has 4 heterocycles. The number of halogens is 1. The summed E-state index contributed by atoms with van der Waals surface area (Å²) in [6.45, 7) is 2.31. The van der Waals surface area contributed by atoms with E-state index in [1.165, 1.54) is 0 Å². The smallest absolute Gasteiger partial charge is 0.225 e. The van der Waals surface area contributed by atoms with Crippen LogP contribution in [0.3, 0.4) is 0 Å². The summed E-state index contributed by atoms with van der Waals surface area (Å²) < 4.78 is 21.3. The maximum atomic E-state index is 15.1. The molecule has 2 saturated heterocycles. The molecule has 0 bridgehead atoms. The van der Waals surface area contributed by atoms with Gasteiger partial charge in [-0.15, -0.1) is 11.3 Å². The van der Waals surface area contributed by atoms with Crippen molar-refractivity contribution in [2.24, 2.45) is 5.92 Å². The average molecular weight is 364 g/mol. The van der Waals surface area contributed by atoms with Crippen molar-refractivity contribution in [3.63, 3.8) is 0 Å². The minimum Gasteiger partial charge on any atom is -0.381 e. The van der Waals surface area contributed by atoms with Gasteiger partial charge >= 0.3 is 0 Å². The van der Waals surface area contributed by atoms with Gasteiger partial charge in [0.25, 0.3) is 0 Å². The number of fused-ring (bicyclic) bond motifs is 1. The van der Waals surface area contributed by atoms with Crippen LogP contribution in [0.2, 0.25) is 0 Å². The zero-order chi connectivity index (χ0) is 17.3. The minimum absolute atomic E-state index is 0.0777. The number of nitrogens with zero attached hydrogens (tertiary/aromatic N) is 3. The molecular weight excluding hydrogens is 343 g/mol. The second-order valence-electron chi connectivity index (χ2n) is 6.75. The molecule has 134 valence electrons. The van der Waals surface area contributed by atoms with Crippen molar-refractivity contribution < 1.29 is 13.9 Å². The van der Waals surface area contributed by atoms with E-state index in [4.69, 9.17) is 4.74 Å². The number of hydrogen-bond donors (Lipinski definition) is 1. The molecule has 1 atom stereocenters. The molecule has 1 unspecified atom stereocenters. The number of ether oxygens (including phenoxy) is 1. The fourth-order valence-corrected chi connectivity index (χ4v) is 4.29.